The molecular weight excluding hydrogens is 423 g/mol. The van der Waals surface area contributed by atoms with Gasteiger partial charge in [0.25, 0.3) is 0 Å². The molecule has 0 fully saturated rings. The van der Waals surface area contributed by atoms with E-state index in [-0.39, 0.29) is 6.61 Å². The number of allylic oxidation sites excluding steroid dienone is 1. The second-order valence-electron chi connectivity index (χ2n) is 6.66. The summed E-state index contributed by atoms with van der Waals surface area (Å²) < 4.78 is 9.46. The fourth-order valence-electron chi connectivity index (χ4n) is 2.87. The summed E-state index contributed by atoms with van der Waals surface area (Å²) in [6.45, 7) is 4.11. The number of halogens is 2. The number of aryl methyl sites for hydroxylation is 1. The maximum absolute atomic E-state index is 6.43. The Bertz CT molecular complexity index is 1180. The first kappa shape index (κ1) is 20.1. The van der Waals surface area contributed by atoms with Gasteiger partial charge in [0.15, 0.2) is 0 Å². The smallest absolute Gasteiger partial charge is 0.149 e. The average Bonchev–Trinajstić information content (AvgIpc) is 3.42. The van der Waals surface area contributed by atoms with Gasteiger partial charge in [-0.3, -0.25) is 0 Å². The van der Waals surface area contributed by atoms with Crippen molar-refractivity contribution in [3.63, 3.8) is 0 Å². The fourth-order valence-corrected chi connectivity index (χ4v) is 3.36. The van der Waals surface area contributed by atoms with Gasteiger partial charge in [-0.25, -0.2) is 14.3 Å². The molecule has 30 heavy (non-hydrogen) atoms. The van der Waals surface area contributed by atoms with Crippen LogP contribution in [0.1, 0.15) is 23.7 Å². The van der Waals surface area contributed by atoms with Crippen LogP contribution in [-0.2, 0) is 11.3 Å². The topological polar surface area (TPSA) is 70.7 Å². The van der Waals surface area contributed by atoms with Crippen LogP contribution in [0, 0.1) is 6.92 Å². The van der Waals surface area contributed by atoms with E-state index in [1.54, 1.807) is 27.8 Å². The highest BCUT2D eigenvalue weighted by Crippen LogP contribution is 2.31. The van der Waals surface area contributed by atoms with Gasteiger partial charge in [0.2, 0.25) is 0 Å². The SMILES string of the molecule is C/C(=C(/OCc1cn(-c2ccc(C)cc2)nn1)c1ccc(Cl)cc1Cl)n1cncn1. The Hall–Kier alpha value is -3.16. The van der Waals surface area contributed by atoms with Gasteiger partial charge in [0.1, 0.15) is 30.7 Å². The molecule has 0 bridgehead atoms. The summed E-state index contributed by atoms with van der Waals surface area (Å²) in [7, 11) is 0. The summed E-state index contributed by atoms with van der Waals surface area (Å²) in [5.41, 5.74) is 4.20. The molecule has 4 rings (SSSR count). The van der Waals surface area contributed by atoms with Crippen LogP contribution in [0.2, 0.25) is 10.0 Å². The minimum Gasteiger partial charge on any atom is -0.485 e. The minimum absolute atomic E-state index is 0.201. The van der Waals surface area contributed by atoms with Gasteiger partial charge in [-0.2, -0.15) is 5.10 Å². The molecular formula is C21H18Cl2N6O. The summed E-state index contributed by atoms with van der Waals surface area (Å²) in [6, 6.07) is 13.3. The van der Waals surface area contributed by atoms with E-state index in [1.807, 2.05) is 50.4 Å². The van der Waals surface area contributed by atoms with Crippen molar-refractivity contribution in [1.82, 2.24) is 29.8 Å². The van der Waals surface area contributed by atoms with Gasteiger partial charge in [-0.05, 0) is 44.2 Å². The van der Waals surface area contributed by atoms with Crippen molar-refractivity contribution < 1.29 is 4.74 Å². The zero-order valence-corrected chi connectivity index (χ0v) is 17.8. The number of benzene rings is 2. The first-order valence-electron chi connectivity index (χ1n) is 9.13. The molecule has 0 aliphatic heterocycles. The Balaban J connectivity index is 1.62. The predicted molar refractivity (Wildman–Crippen MR) is 116 cm³/mol. The largest absolute Gasteiger partial charge is 0.485 e. The Kier molecular flexibility index (Phi) is 5.83. The highest BCUT2D eigenvalue weighted by molar-refractivity contribution is 6.35. The van der Waals surface area contributed by atoms with E-state index in [2.05, 4.69) is 20.4 Å². The Morgan fingerprint density at radius 3 is 2.60 bits per heavy atom. The standard InChI is InChI=1S/C21H18Cl2N6O/c1-14-3-6-18(7-4-14)28-10-17(26-27-28)11-30-21(15(2)29-13-24-12-25-29)19-8-5-16(22)9-20(19)23/h3-10,12-13H,11H2,1-2H3/b21-15-. The Morgan fingerprint density at radius 2 is 1.90 bits per heavy atom. The molecule has 0 unspecified atom stereocenters. The van der Waals surface area contributed by atoms with Crippen LogP contribution < -0.4 is 0 Å². The molecule has 152 valence electrons. The van der Waals surface area contributed by atoms with Gasteiger partial charge < -0.3 is 4.74 Å². The lowest BCUT2D eigenvalue weighted by atomic mass is 10.1. The highest BCUT2D eigenvalue weighted by atomic mass is 35.5. The third kappa shape index (κ3) is 4.37. The lowest BCUT2D eigenvalue weighted by Gasteiger charge is -2.15. The second-order valence-corrected chi connectivity index (χ2v) is 7.50. The summed E-state index contributed by atoms with van der Waals surface area (Å²) in [5, 5.41) is 13.6. The summed E-state index contributed by atoms with van der Waals surface area (Å²) >= 11 is 12.5. The average molecular weight is 441 g/mol. The number of rotatable bonds is 6. The lowest BCUT2D eigenvalue weighted by molar-refractivity contribution is 0.259. The number of hydrogen-bond donors (Lipinski definition) is 0. The summed E-state index contributed by atoms with van der Waals surface area (Å²) in [5.74, 6) is 0.548. The summed E-state index contributed by atoms with van der Waals surface area (Å²) in [4.78, 5) is 4.00. The van der Waals surface area contributed by atoms with Crippen molar-refractivity contribution in [3.8, 4) is 5.69 Å². The lowest BCUT2D eigenvalue weighted by Crippen LogP contribution is -2.03. The van der Waals surface area contributed by atoms with E-state index in [4.69, 9.17) is 27.9 Å². The zero-order valence-electron chi connectivity index (χ0n) is 16.3. The van der Waals surface area contributed by atoms with E-state index >= 15 is 0 Å². The van der Waals surface area contributed by atoms with E-state index in [0.717, 1.165) is 11.4 Å². The second kappa shape index (κ2) is 8.69. The molecule has 0 aliphatic carbocycles. The fraction of sp³-hybridized carbons (Fsp3) is 0.143. The maximum Gasteiger partial charge on any atom is 0.149 e. The van der Waals surface area contributed by atoms with Crippen LogP contribution in [0.4, 0.5) is 0 Å². The number of ether oxygens (including phenoxy) is 1. The van der Waals surface area contributed by atoms with Gasteiger partial charge in [0.05, 0.1) is 22.6 Å². The van der Waals surface area contributed by atoms with Crippen LogP contribution in [-0.4, -0.2) is 29.8 Å². The first-order chi connectivity index (χ1) is 14.5. The number of hydrogen-bond acceptors (Lipinski definition) is 5. The third-order valence-electron chi connectivity index (χ3n) is 4.47. The van der Waals surface area contributed by atoms with E-state index in [0.29, 0.717) is 27.1 Å². The third-order valence-corrected chi connectivity index (χ3v) is 5.02. The van der Waals surface area contributed by atoms with Crippen LogP contribution in [0.5, 0.6) is 0 Å². The molecule has 0 saturated carbocycles. The highest BCUT2D eigenvalue weighted by Gasteiger charge is 2.15. The molecule has 2 heterocycles. The molecule has 4 aromatic rings. The molecule has 0 saturated heterocycles. The molecule has 0 aliphatic rings. The molecule has 0 N–H and O–H groups in total. The number of nitrogens with zero attached hydrogens (tertiary/aromatic N) is 6. The summed E-state index contributed by atoms with van der Waals surface area (Å²) in [6.07, 6.45) is 4.88. The molecule has 2 aromatic carbocycles. The van der Waals surface area contributed by atoms with Crippen molar-refractivity contribution in [2.24, 2.45) is 0 Å². The van der Waals surface area contributed by atoms with Crippen LogP contribution in [0.25, 0.3) is 17.1 Å². The quantitative estimate of drug-likeness (QED) is 0.392. The molecule has 9 heteroatoms. The van der Waals surface area contributed by atoms with Gasteiger partial charge in [-0.1, -0.05) is 46.1 Å². The predicted octanol–water partition coefficient (Wildman–Crippen LogP) is 5.04. The molecule has 0 radical (unpaired) electrons. The van der Waals surface area contributed by atoms with Crippen molar-refractivity contribution in [1.29, 1.82) is 0 Å². The van der Waals surface area contributed by atoms with E-state index in [9.17, 15) is 0 Å². The van der Waals surface area contributed by atoms with E-state index in [1.165, 1.54) is 11.9 Å². The Labute approximate surface area is 183 Å². The molecule has 0 atom stereocenters. The van der Waals surface area contributed by atoms with Crippen LogP contribution in [0.15, 0.2) is 61.3 Å². The first-order valence-corrected chi connectivity index (χ1v) is 9.89. The van der Waals surface area contributed by atoms with Gasteiger partial charge >= 0.3 is 0 Å². The maximum atomic E-state index is 6.43. The minimum atomic E-state index is 0.201. The van der Waals surface area contributed by atoms with Crippen LogP contribution in [0.3, 0.4) is 0 Å². The van der Waals surface area contributed by atoms with Crippen molar-refractivity contribution >= 4 is 34.7 Å². The monoisotopic (exact) mass is 440 g/mol. The normalized spacial score (nSPS) is 12.0. The number of aromatic nitrogens is 6. The van der Waals surface area contributed by atoms with Gasteiger partial charge in [0, 0.05) is 10.6 Å². The van der Waals surface area contributed by atoms with Crippen molar-refractivity contribution in [2.45, 2.75) is 20.5 Å². The Morgan fingerprint density at radius 1 is 1.10 bits per heavy atom. The van der Waals surface area contributed by atoms with E-state index < -0.39 is 0 Å². The van der Waals surface area contributed by atoms with Crippen molar-refractivity contribution in [2.75, 3.05) is 0 Å². The van der Waals surface area contributed by atoms with Crippen LogP contribution >= 0.6 is 23.2 Å². The molecule has 0 spiro atoms. The van der Waals surface area contributed by atoms with Gasteiger partial charge in [-0.15, -0.1) is 5.10 Å². The molecule has 7 nitrogen and oxygen atoms in total. The van der Waals surface area contributed by atoms with Crippen molar-refractivity contribution in [3.05, 3.63) is 88.2 Å². The molecule has 2 aromatic heterocycles. The zero-order chi connectivity index (χ0) is 21.1. The molecule has 0 amide bonds.